The van der Waals surface area contributed by atoms with Crippen LogP contribution in [0.15, 0.2) is 48.1 Å². The number of hydrogen-bond donors (Lipinski definition) is 1. The quantitative estimate of drug-likeness (QED) is 0.763. The second kappa shape index (κ2) is 6.90. The molecule has 2 aromatic heterocycles. The molecule has 6 nitrogen and oxygen atoms in total. The molecule has 1 amide bonds. The van der Waals surface area contributed by atoms with Crippen molar-refractivity contribution in [2.75, 3.05) is 13.3 Å². The van der Waals surface area contributed by atoms with Crippen LogP contribution in [0.25, 0.3) is 10.6 Å². The summed E-state index contributed by atoms with van der Waals surface area (Å²) in [7, 11) is 0. The summed E-state index contributed by atoms with van der Waals surface area (Å²) in [6, 6.07) is 9.05. The molecular formula is C18H15N3O3S. The van der Waals surface area contributed by atoms with Crippen LogP contribution in [0.4, 0.5) is 0 Å². The van der Waals surface area contributed by atoms with E-state index in [9.17, 15) is 4.79 Å². The van der Waals surface area contributed by atoms with Crippen LogP contribution < -0.4 is 14.8 Å². The fraction of sp³-hybridized carbons (Fsp3) is 0.167. The third-order valence-electron chi connectivity index (χ3n) is 3.76. The van der Waals surface area contributed by atoms with Gasteiger partial charge in [0.05, 0.1) is 5.69 Å². The summed E-state index contributed by atoms with van der Waals surface area (Å²) < 4.78 is 10.5. The number of hydrogen-bond acceptors (Lipinski definition) is 6. The van der Waals surface area contributed by atoms with E-state index in [1.165, 1.54) is 0 Å². The molecule has 0 saturated carbocycles. The molecule has 0 saturated heterocycles. The number of thiazole rings is 1. The van der Waals surface area contributed by atoms with E-state index in [0.29, 0.717) is 30.0 Å². The normalized spacial score (nSPS) is 12.2. The van der Waals surface area contributed by atoms with E-state index in [1.807, 2.05) is 17.5 Å². The van der Waals surface area contributed by atoms with Crippen molar-refractivity contribution in [2.24, 2.45) is 0 Å². The Kier molecular flexibility index (Phi) is 4.30. The zero-order valence-corrected chi connectivity index (χ0v) is 14.1. The standard InChI is InChI=1S/C18H15N3O3S/c22-17(12-3-4-15-16(8-12)24-11-23-15)20-7-5-14-10-25-18(21-14)13-2-1-6-19-9-13/h1-4,6,8-10H,5,7,11H2,(H,20,22). The molecule has 1 aliphatic heterocycles. The number of carbonyl (C=O) groups is 1. The van der Waals surface area contributed by atoms with Crippen LogP contribution in [-0.4, -0.2) is 29.2 Å². The number of ether oxygens (including phenoxy) is 2. The van der Waals surface area contributed by atoms with Gasteiger partial charge in [0.1, 0.15) is 5.01 Å². The third-order valence-corrected chi connectivity index (χ3v) is 4.70. The van der Waals surface area contributed by atoms with Crippen molar-refractivity contribution in [1.82, 2.24) is 15.3 Å². The fourth-order valence-corrected chi connectivity index (χ4v) is 3.33. The van der Waals surface area contributed by atoms with E-state index in [0.717, 1.165) is 16.3 Å². The van der Waals surface area contributed by atoms with Crippen molar-refractivity contribution in [2.45, 2.75) is 6.42 Å². The number of pyridine rings is 1. The Labute approximate surface area is 148 Å². The smallest absolute Gasteiger partial charge is 0.251 e. The monoisotopic (exact) mass is 353 g/mol. The van der Waals surface area contributed by atoms with Gasteiger partial charge < -0.3 is 14.8 Å². The lowest BCUT2D eigenvalue weighted by atomic mass is 10.2. The highest BCUT2D eigenvalue weighted by atomic mass is 32.1. The fourth-order valence-electron chi connectivity index (χ4n) is 2.49. The second-order valence-electron chi connectivity index (χ2n) is 5.46. The van der Waals surface area contributed by atoms with Crippen LogP contribution >= 0.6 is 11.3 Å². The first-order valence-corrected chi connectivity index (χ1v) is 8.70. The van der Waals surface area contributed by atoms with Crippen molar-refractivity contribution in [3.05, 3.63) is 59.4 Å². The summed E-state index contributed by atoms with van der Waals surface area (Å²) in [4.78, 5) is 20.9. The van der Waals surface area contributed by atoms with Crippen molar-refractivity contribution >= 4 is 17.2 Å². The Balaban J connectivity index is 1.33. The van der Waals surface area contributed by atoms with Crippen molar-refractivity contribution in [1.29, 1.82) is 0 Å². The predicted molar refractivity (Wildman–Crippen MR) is 93.9 cm³/mol. The second-order valence-corrected chi connectivity index (χ2v) is 6.32. The first kappa shape index (κ1) is 15.6. The summed E-state index contributed by atoms with van der Waals surface area (Å²) in [5.74, 6) is 1.14. The molecule has 1 aromatic carbocycles. The van der Waals surface area contributed by atoms with Gasteiger partial charge in [-0.05, 0) is 30.3 Å². The Morgan fingerprint density at radius 2 is 2.16 bits per heavy atom. The summed E-state index contributed by atoms with van der Waals surface area (Å²) in [5.41, 5.74) is 2.51. The van der Waals surface area contributed by atoms with Crippen molar-refractivity contribution in [3.63, 3.8) is 0 Å². The van der Waals surface area contributed by atoms with E-state index in [1.54, 1.807) is 41.9 Å². The molecule has 0 unspecified atom stereocenters. The first-order valence-electron chi connectivity index (χ1n) is 7.82. The molecule has 1 aliphatic rings. The van der Waals surface area contributed by atoms with E-state index in [2.05, 4.69) is 15.3 Å². The van der Waals surface area contributed by atoms with E-state index >= 15 is 0 Å². The van der Waals surface area contributed by atoms with Gasteiger partial charge in [-0.2, -0.15) is 0 Å². The summed E-state index contributed by atoms with van der Waals surface area (Å²) in [6.45, 7) is 0.715. The molecular weight excluding hydrogens is 338 g/mol. The molecule has 7 heteroatoms. The van der Waals surface area contributed by atoms with Gasteiger partial charge in [-0.1, -0.05) is 0 Å². The van der Waals surface area contributed by atoms with Crippen LogP contribution in [0, 0.1) is 0 Å². The number of aromatic nitrogens is 2. The minimum Gasteiger partial charge on any atom is -0.454 e. The van der Waals surface area contributed by atoms with Gasteiger partial charge in [0.25, 0.3) is 5.91 Å². The Morgan fingerprint density at radius 3 is 3.04 bits per heavy atom. The molecule has 126 valence electrons. The zero-order chi connectivity index (χ0) is 17.1. The van der Waals surface area contributed by atoms with Gasteiger partial charge >= 0.3 is 0 Å². The third kappa shape index (κ3) is 3.46. The minimum absolute atomic E-state index is 0.138. The van der Waals surface area contributed by atoms with Gasteiger partial charge in [0.15, 0.2) is 11.5 Å². The van der Waals surface area contributed by atoms with E-state index in [-0.39, 0.29) is 12.7 Å². The number of nitrogens with one attached hydrogen (secondary N) is 1. The Hall–Kier alpha value is -2.93. The highest BCUT2D eigenvalue weighted by Crippen LogP contribution is 2.32. The molecule has 3 heterocycles. The van der Waals surface area contributed by atoms with E-state index in [4.69, 9.17) is 9.47 Å². The summed E-state index contributed by atoms with van der Waals surface area (Å²) in [6.07, 6.45) is 4.21. The van der Waals surface area contributed by atoms with Crippen LogP contribution in [0.3, 0.4) is 0 Å². The average molecular weight is 353 g/mol. The van der Waals surface area contributed by atoms with E-state index < -0.39 is 0 Å². The highest BCUT2D eigenvalue weighted by molar-refractivity contribution is 7.13. The molecule has 0 radical (unpaired) electrons. The molecule has 0 spiro atoms. The van der Waals surface area contributed by atoms with Crippen LogP contribution in [0.2, 0.25) is 0 Å². The number of amides is 1. The first-order chi connectivity index (χ1) is 12.3. The van der Waals surface area contributed by atoms with Crippen LogP contribution in [0.1, 0.15) is 16.1 Å². The maximum atomic E-state index is 12.2. The lowest BCUT2D eigenvalue weighted by Gasteiger charge is -2.05. The molecule has 0 aliphatic carbocycles. The highest BCUT2D eigenvalue weighted by Gasteiger charge is 2.16. The maximum absolute atomic E-state index is 12.2. The lowest BCUT2D eigenvalue weighted by molar-refractivity contribution is 0.0953. The molecule has 3 aromatic rings. The number of benzene rings is 1. The molecule has 25 heavy (non-hydrogen) atoms. The number of fused-ring (bicyclic) bond motifs is 1. The van der Waals surface area contributed by atoms with Gasteiger partial charge in [-0.15, -0.1) is 11.3 Å². The summed E-state index contributed by atoms with van der Waals surface area (Å²) in [5, 5.41) is 5.85. The SMILES string of the molecule is O=C(NCCc1csc(-c2cccnc2)n1)c1ccc2c(c1)OCO2. The molecule has 4 rings (SSSR count). The average Bonchev–Trinajstić information content (AvgIpc) is 3.31. The molecule has 0 atom stereocenters. The number of nitrogens with zero attached hydrogens (tertiary/aromatic N) is 2. The summed E-state index contributed by atoms with van der Waals surface area (Å²) >= 11 is 1.58. The Bertz CT molecular complexity index is 896. The Morgan fingerprint density at radius 1 is 1.24 bits per heavy atom. The maximum Gasteiger partial charge on any atom is 0.251 e. The molecule has 0 bridgehead atoms. The van der Waals surface area contributed by atoms with Gasteiger partial charge in [-0.3, -0.25) is 9.78 Å². The molecule has 1 N–H and O–H groups in total. The predicted octanol–water partition coefficient (Wildman–Crippen LogP) is 2.91. The van der Waals surface area contributed by atoms with Crippen molar-refractivity contribution in [3.8, 4) is 22.1 Å². The largest absolute Gasteiger partial charge is 0.454 e. The van der Waals surface area contributed by atoms with Crippen LogP contribution in [-0.2, 0) is 6.42 Å². The number of carbonyl (C=O) groups excluding carboxylic acids is 1. The van der Waals surface area contributed by atoms with Crippen LogP contribution in [0.5, 0.6) is 11.5 Å². The van der Waals surface area contributed by atoms with Gasteiger partial charge in [0.2, 0.25) is 6.79 Å². The molecule has 0 fully saturated rings. The van der Waals surface area contributed by atoms with Gasteiger partial charge in [-0.25, -0.2) is 4.98 Å². The zero-order valence-electron chi connectivity index (χ0n) is 13.3. The van der Waals surface area contributed by atoms with Crippen molar-refractivity contribution < 1.29 is 14.3 Å². The van der Waals surface area contributed by atoms with Gasteiger partial charge in [0, 0.05) is 41.9 Å². The lowest BCUT2D eigenvalue weighted by Crippen LogP contribution is -2.25. The topological polar surface area (TPSA) is 73.3 Å². The minimum atomic E-state index is -0.138. The number of rotatable bonds is 5.